The molecule has 1 aromatic carbocycles. The summed E-state index contributed by atoms with van der Waals surface area (Å²) in [5.74, 6) is 0. The molecule has 3 nitrogen and oxygen atoms in total. The zero-order chi connectivity index (χ0) is 13.8. The van der Waals surface area contributed by atoms with Gasteiger partial charge in [0.2, 0.25) is 0 Å². The summed E-state index contributed by atoms with van der Waals surface area (Å²) in [7, 11) is 0. The molecule has 0 bridgehead atoms. The van der Waals surface area contributed by atoms with Gasteiger partial charge in [0.25, 0.3) is 0 Å². The molecule has 3 N–H and O–H groups in total. The zero-order valence-electron chi connectivity index (χ0n) is 9.88. The fraction of sp³-hybridized carbons (Fsp3) is 0.417. The minimum absolute atomic E-state index is 0.00233. The summed E-state index contributed by atoms with van der Waals surface area (Å²) < 4.78 is 37.3. The van der Waals surface area contributed by atoms with Crippen LogP contribution >= 0.6 is 0 Å². The number of hydrogen-bond donors (Lipinski definition) is 2. The molecule has 0 saturated carbocycles. The molecule has 1 aromatic rings. The van der Waals surface area contributed by atoms with Gasteiger partial charge in [-0.2, -0.15) is 18.4 Å². The maximum atomic E-state index is 12.4. The minimum atomic E-state index is -4.43. The van der Waals surface area contributed by atoms with Crippen LogP contribution in [0.3, 0.4) is 0 Å². The number of nitriles is 1. The van der Waals surface area contributed by atoms with Gasteiger partial charge in [-0.1, -0.05) is 0 Å². The largest absolute Gasteiger partial charge is 0.416 e. The van der Waals surface area contributed by atoms with Gasteiger partial charge >= 0.3 is 6.18 Å². The summed E-state index contributed by atoms with van der Waals surface area (Å²) in [6.07, 6.45) is -3.76. The summed E-state index contributed by atoms with van der Waals surface area (Å²) in [4.78, 5) is 0. The van der Waals surface area contributed by atoms with E-state index in [4.69, 9.17) is 11.0 Å². The van der Waals surface area contributed by atoms with Crippen LogP contribution in [0.25, 0.3) is 0 Å². The first-order chi connectivity index (χ1) is 8.34. The lowest BCUT2D eigenvalue weighted by Gasteiger charge is -2.12. The Bertz CT molecular complexity index is 447. The lowest BCUT2D eigenvalue weighted by atomic mass is 10.1. The summed E-state index contributed by atoms with van der Waals surface area (Å²) in [6.45, 7) is 2.34. The Balaban J connectivity index is 2.85. The monoisotopic (exact) mass is 257 g/mol. The van der Waals surface area contributed by atoms with E-state index in [9.17, 15) is 13.2 Å². The van der Waals surface area contributed by atoms with Gasteiger partial charge in [-0.15, -0.1) is 0 Å². The lowest BCUT2D eigenvalue weighted by Crippen LogP contribution is -2.19. The van der Waals surface area contributed by atoms with Crippen LogP contribution in [0.15, 0.2) is 18.2 Å². The van der Waals surface area contributed by atoms with Crippen LogP contribution in [0.4, 0.5) is 18.9 Å². The van der Waals surface area contributed by atoms with E-state index in [1.54, 1.807) is 6.07 Å². The van der Waals surface area contributed by atoms with Crippen molar-refractivity contribution in [2.45, 2.75) is 25.6 Å². The maximum Gasteiger partial charge on any atom is 0.416 e. The number of rotatable bonds is 4. The van der Waals surface area contributed by atoms with E-state index in [1.807, 2.05) is 6.92 Å². The Morgan fingerprint density at radius 1 is 1.44 bits per heavy atom. The molecule has 0 aliphatic carbocycles. The number of nitrogens with zero attached hydrogens (tertiary/aromatic N) is 1. The van der Waals surface area contributed by atoms with Gasteiger partial charge in [-0.05, 0) is 31.5 Å². The van der Waals surface area contributed by atoms with Gasteiger partial charge in [0.05, 0.1) is 16.8 Å². The Morgan fingerprint density at radius 2 is 2.11 bits per heavy atom. The normalized spacial score (nSPS) is 12.9. The molecule has 0 heterocycles. The molecule has 1 atom stereocenters. The zero-order valence-corrected chi connectivity index (χ0v) is 9.88. The Hall–Kier alpha value is -1.74. The van der Waals surface area contributed by atoms with Crippen LogP contribution in [0.2, 0.25) is 0 Å². The van der Waals surface area contributed by atoms with Crippen molar-refractivity contribution in [2.75, 3.05) is 11.9 Å². The second-order valence-electron chi connectivity index (χ2n) is 4.06. The van der Waals surface area contributed by atoms with Crippen molar-refractivity contribution in [1.29, 1.82) is 5.26 Å². The molecule has 6 heteroatoms. The highest BCUT2D eigenvalue weighted by molar-refractivity contribution is 5.58. The van der Waals surface area contributed by atoms with Crippen molar-refractivity contribution in [2.24, 2.45) is 5.73 Å². The fourth-order valence-corrected chi connectivity index (χ4v) is 1.40. The third-order valence-electron chi connectivity index (χ3n) is 2.38. The molecule has 0 fully saturated rings. The van der Waals surface area contributed by atoms with Gasteiger partial charge in [0, 0.05) is 12.6 Å². The Morgan fingerprint density at radius 3 is 2.61 bits per heavy atom. The first-order valence-corrected chi connectivity index (χ1v) is 5.45. The van der Waals surface area contributed by atoms with E-state index in [2.05, 4.69) is 5.32 Å². The number of nitrogens with two attached hydrogens (primary N) is 1. The number of benzene rings is 1. The molecule has 0 amide bonds. The SMILES string of the molecule is CC(N)CCNc1ccc(C(F)(F)F)cc1C#N. The molecule has 0 spiro atoms. The summed E-state index contributed by atoms with van der Waals surface area (Å²) >= 11 is 0. The molecular weight excluding hydrogens is 243 g/mol. The average Bonchev–Trinajstić information content (AvgIpc) is 2.27. The van der Waals surface area contributed by atoms with Crippen molar-refractivity contribution in [3.8, 4) is 6.07 Å². The quantitative estimate of drug-likeness (QED) is 0.871. The summed E-state index contributed by atoms with van der Waals surface area (Å²) in [5.41, 5.74) is 5.11. The molecule has 0 aliphatic heterocycles. The molecule has 98 valence electrons. The standard InChI is InChI=1S/C12H14F3N3/c1-8(17)4-5-18-11-3-2-10(12(13,14)15)6-9(11)7-16/h2-3,6,8,18H,4-5,17H2,1H3. The smallest absolute Gasteiger partial charge is 0.384 e. The number of halogens is 3. The molecule has 0 radical (unpaired) electrons. The molecule has 0 aromatic heterocycles. The highest BCUT2D eigenvalue weighted by Gasteiger charge is 2.30. The van der Waals surface area contributed by atoms with Gasteiger partial charge < -0.3 is 11.1 Å². The van der Waals surface area contributed by atoms with Gasteiger partial charge in [0.1, 0.15) is 6.07 Å². The predicted molar refractivity (Wildman–Crippen MR) is 62.9 cm³/mol. The Labute approximate surface area is 103 Å². The van der Waals surface area contributed by atoms with E-state index in [1.165, 1.54) is 6.07 Å². The van der Waals surface area contributed by atoms with Crippen molar-refractivity contribution in [1.82, 2.24) is 0 Å². The third-order valence-corrected chi connectivity index (χ3v) is 2.38. The van der Waals surface area contributed by atoms with Crippen molar-refractivity contribution < 1.29 is 13.2 Å². The van der Waals surface area contributed by atoms with Crippen molar-refractivity contribution >= 4 is 5.69 Å². The second-order valence-corrected chi connectivity index (χ2v) is 4.06. The van der Waals surface area contributed by atoms with Crippen molar-refractivity contribution in [3.05, 3.63) is 29.3 Å². The molecular formula is C12H14F3N3. The van der Waals surface area contributed by atoms with Crippen LogP contribution in [-0.4, -0.2) is 12.6 Å². The van der Waals surface area contributed by atoms with Crippen LogP contribution < -0.4 is 11.1 Å². The third kappa shape index (κ3) is 3.93. The number of hydrogen-bond acceptors (Lipinski definition) is 3. The molecule has 18 heavy (non-hydrogen) atoms. The maximum absolute atomic E-state index is 12.4. The van der Waals surface area contributed by atoms with E-state index < -0.39 is 11.7 Å². The lowest BCUT2D eigenvalue weighted by molar-refractivity contribution is -0.137. The van der Waals surface area contributed by atoms with Gasteiger partial charge in [-0.3, -0.25) is 0 Å². The average molecular weight is 257 g/mol. The van der Waals surface area contributed by atoms with Crippen LogP contribution in [-0.2, 0) is 6.18 Å². The molecule has 1 rings (SSSR count). The van der Waals surface area contributed by atoms with E-state index in [0.717, 1.165) is 12.1 Å². The molecule has 0 saturated heterocycles. The highest BCUT2D eigenvalue weighted by Crippen LogP contribution is 2.31. The molecule has 0 aliphatic rings. The Kier molecular flexibility index (Phi) is 4.56. The predicted octanol–water partition coefficient (Wildman–Crippen LogP) is 2.73. The first kappa shape index (κ1) is 14.3. The van der Waals surface area contributed by atoms with Crippen LogP contribution in [0, 0.1) is 11.3 Å². The summed E-state index contributed by atoms with van der Waals surface area (Å²) in [5, 5.41) is 11.7. The van der Waals surface area contributed by atoms with Crippen LogP contribution in [0.1, 0.15) is 24.5 Å². The van der Waals surface area contributed by atoms with E-state index in [-0.39, 0.29) is 11.6 Å². The van der Waals surface area contributed by atoms with Gasteiger partial charge in [-0.25, -0.2) is 0 Å². The number of nitrogens with one attached hydrogen (secondary N) is 1. The fourth-order valence-electron chi connectivity index (χ4n) is 1.40. The van der Waals surface area contributed by atoms with Gasteiger partial charge in [0.15, 0.2) is 0 Å². The minimum Gasteiger partial charge on any atom is -0.384 e. The second kappa shape index (κ2) is 5.74. The number of anilines is 1. The summed E-state index contributed by atoms with van der Waals surface area (Å²) in [6, 6.07) is 4.81. The van der Waals surface area contributed by atoms with Crippen LogP contribution in [0.5, 0.6) is 0 Å². The van der Waals surface area contributed by atoms with E-state index in [0.29, 0.717) is 18.7 Å². The first-order valence-electron chi connectivity index (χ1n) is 5.45. The van der Waals surface area contributed by atoms with Crippen molar-refractivity contribution in [3.63, 3.8) is 0 Å². The highest BCUT2D eigenvalue weighted by atomic mass is 19.4. The number of alkyl halides is 3. The topological polar surface area (TPSA) is 61.8 Å². The molecule has 1 unspecified atom stereocenters. The van der Waals surface area contributed by atoms with E-state index >= 15 is 0 Å².